The Labute approximate surface area is 144 Å². The van der Waals surface area contributed by atoms with Crippen molar-refractivity contribution in [3.05, 3.63) is 75.8 Å². The molecule has 0 radical (unpaired) electrons. The van der Waals surface area contributed by atoms with E-state index in [0.29, 0.717) is 0 Å². The minimum Gasteiger partial charge on any atom is -0.503 e. The molecule has 0 saturated heterocycles. The first-order valence-corrected chi connectivity index (χ1v) is 8.03. The Morgan fingerprint density at radius 2 is 2.16 bits per heavy atom. The summed E-state index contributed by atoms with van der Waals surface area (Å²) in [6.45, 7) is 0. The van der Waals surface area contributed by atoms with E-state index < -0.39 is 5.43 Å². The quantitative estimate of drug-likeness (QED) is 0.752. The van der Waals surface area contributed by atoms with Gasteiger partial charge in [0.15, 0.2) is 5.75 Å². The van der Waals surface area contributed by atoms with Gasteiger partial charge >= 0.3 is 0 Å². The number of nitrogen functional groups attached to an aromatic ring is 1. The summed E-state index contributed by atoms with van der Waals surface area (Å²) in [6, 6.07) is 9.16. The normalized spacial score (nSPS) is 16.0. The van der Waals surface area contributed by atoms with E-state index in [-0.39, 0.29) is 17.5 Å². The highest BCUT2D eigenvalue weighted by Gasteiger charge is 2.19. The van der Waals surface area contributed by atoms with Gasteiger partial charge in [0.05, 0.1) is 12.4 Å². The minimum atomic E-state index is -0.483. The zero-order chi connectivity index (χ0) is 17.6. The molecule has 0 fully saturated rings. The fourth-order valence-electron chi connectivity index (χ4n) is 3.26. The fraction of sp³-hybridized carbons (Fsp3) is 0.158. The van der Waals surface area contributed by atoms with Crippen LogP contribution in [0.4, 0.5) is 5.82 Å². The first-order valence-electron chi connectivity index (χ1n) is 8.03. The molecule has 1 unspecified atom stereocenters. The molecule has 126 valence electrons. The SMILES string of the molecule is Cn1ncc2c1CC(c1cccc(-n3cc(O)c(=O)cc3N)c1)C=C2. The van der Waals surface area contributed by atoms with E-state index in [1.165, 1.54) is 18.0 Å². The zero-order valence-corrected chi connectivity index (χ0v) is 13.8. The lowest BCUT2D eigenvalue weighted by Crippen LogP contribution is -2.12. The Morgan fingerprint density at radius 1 is 1.32 bits per heavy atom. The lowest BCUT2D eigenvalue weighted by atomic mass is 9.88. The molecule has 1 aliphatic rings. The number of aromatic nitrogens is 3. The Morgan fingerprint density at radius 3 is 3.00 bits per heavy atom. The smallest absolute Gasteiger partial charge is 0.225 e. The van der Waals surface area contributed by atoms with E-state index in [2.05, 4.69) is 23.3 Å². The molecule has 3 aromatic rings. The second-order valence-electron chi connectivity index (χ2n) is 6.25. The maximum absolute atomic E-state index is 11.5. The maximum Gasteiger partial charge on any atom is 0.225 e. The van der Waals surface area contributed by atoms with Crippen molar-refractivity contribution in [2.24, 2.45) is 7.05 Å². The van der Waals surface area contributed by atoms with Crippen LogP contribution >= 0.6 is 0 Å². The van der Waals surface area contributed by atoms with Gasteiger partial charge in [-0.25, -0.2) is 0 Å². The minimum absolute atomic E-state index is 0.233. The van der Waals surface area contributed by atoms with Crippen LogP contribution < -0.4 is 11.2 Å². The lowest BCUT2D eigenvalue weighted by molar-refractivity contribution is 0.466. The van der Waals surface area contributed by atoms with Crippen LogP contribution in [0, 0.1) is 0 Å². The van der Waals surface area contributed by atoms with E-state index in [9.17, 15) is 9.90 Å². The molecule has 2 heterocycles. The average molecular weight is 334 g/mol. The third-order valence-electron chi connectivity index (χ3n) is 4.65. The number of anilines is 1. The number of pyridine rings is 1. The van der Waals surface area contributed by atoms with Crippen LogP contribution in [0.2, 0.25) is 0 Å². The summed E-state index contributed by atoms with van der Waals surface area (Å²) in [5, 5.41) is 14.0. The van der Waals surface area contributed by atoms with E-state index in [1.54, 1.807) is 4.57 Å². The summed E-state index contributed by atoms with van der Waals surface area (Å²) in [7, 11) is 1.95. The molecule has 25 heavy (non-hydrogen) atoms. The highest BCUT2D eigenvalue weighted by Crippen LogP contribution is 2.31. The first-order chi connectivity index (χ1) is 12.0. The maximum atomic E-state index is 11.5. The summed E-state index contributed by atoms with van der Waals surface area (Å²) in [5.41, 5.74) is 9.77. The second-order valence-corrected chi connectivity index (χ2v) is 6.25. The third kappa shape index (κ3) is 2.61. The first kappa shape index (κ1) is 15.3. The van der Waals surface area contributed by atoms with Crippen LogP contribution in [-0.2, 0) is 13.5 Å². The molecule has 0 amide bonds. The van der Waals surface area contributed by atoms with Crippen LogP contribution in [0.25, 0.3) is 11.8 Å². The van der Waals surface area contributed by atoms with E-state index >= 15 is 0 Å². The predicted octanol–water partition coefficient (Wildman–Crippen LogP) is 2.21. The highest BCUT2D eigenvalue weighted by atomic mass is 16.3. The largest absolute Gasteiger partial charge is 0.503 e. The predicted molar refractivity (Wildman–Crippen MR) is 96.8 cm³/mol. The van der Waals surface area contributed by atoms with Crippen molar-refractivity contribution < 1.29 is 5.11 Å². The second kappa shape index (κ2) is 5.66. The van der Waals surface area contributed by atoms with Gasteiger partial charge in [-0.1, -0.05) is 24.3 Å². The standard InChI is InChI=1S/C19H18N4O2/c1-22-16-8-13(5-6-14(16)10-21-22)12-3-2-4-15(7-12)23-11-18(25)17(24)9-19(23)20/h2-7,9-11,13,25H,8,20H2,1H3. The molecule has 1 atom stereocenters. The number of rotatable bonds is 2. The monoisotopic (exact) mass is 334 g/mol. The Hall–Kier alpha value is -3.28. The number of allylic oxidation sites excluding steroid dienone is 1. The van der Waals surface area contributed by atoms with E-state index in [1.807, 2.05) is 36.1 Å². The van der Waals surface area contributed by atoms with Crippen molar-refractivity contribution in [2.45, 2.75) is 12.3 Å². The van der Waals surface area contributed by atoms with Crippen molar-refractivity contribution in [3.63, 3.8) is 0 Å². The van der Waals surface area contributed by atoms with Crippen LogP contribution in [0.5, 0.6) is 5.75 Å². The molecule has 0 spiro atoms. The number of aryl methyl sites for hydroxylation is 1. The van der Waals surface area contributed by atoms with Crippen LogP contribution in [0.15, 0.2) is 53.6 Å². The molecule has 6 heteroatoms. The van der Waals surface area contributed by atoms with Crippen molar-refractivity contribution in [1.29, 1.82) is 0 Å². The number of benzene rings is 1. The Balaban J connectivity index is 1.73. The number of aromatic hydroxyl groups is 1. The van der Waals surface area contributed by atoms with Crippen LogP contribution in [-0.4, -0.2) is 19.5 Å². The number of nitrogens with zero attached hydrogens (tertiary/aromatic N) is 3. The van der Waals surface area contributed by atoms with E-state index in [0.717, 1.165) is 23.2 Å². The number of nitrogens with two attached hydrogens (primary N) is 1. The van der Waals surface area contributed by atoms with Gasteiger partial charge in [-0.05, 0) is 17.7 Å². The number of fused-ring (bicyclic) bond motifs is 1. The van der Waals surface area contributed by atoms with Crippen LogP contribution in [0.3, 0.4) is 0 Å². The Bertz CT molecular complexity index is 1050. The summed E-state index contributed by atoms with van der Waals surface area (Å²) < 4.78 is 3.52. The van der Waals surface area contributed by atoms with Gasteiger partial charge < -0.3 is 10.8 Å². The van der Waals surface area contributed by atoms with Crippen LogP contribution in [0.1, 0.15) is 22.7 Å². The van der Waals surface area contributed by atoms with Gasteiger partial charge in [-0.3, -0.25) is 14.0 Å². The molecule has 6 nitrogen and oxygen atoms in total. The molecule has 3 N–H and O–H groups in total. The topological polar surface area (TPSA) is 86.1 Å². The summed E-state index contributed by atoms with van der Waals surface area (Å²) in [4.78, 5) is 11.5. The molecule has 0 bridgehead atoms. The fourth-order valence-corrected chi connectivity index (χ4v) is 3.26. The third-order valence-corrected chi connectivity index (χ3v) is 4.65. The summed E-state index contributed by atoms with van der Waals surface area (Å²) in [6.07, 6.45) is 8.38. The van der Waals surface area contributed by atoms with Gasteiger partial charge in [0.1, 0.15) is 5.82 Å². The Kier molecular flexibility index (Phi) is 3.46. The van der Waals surface area contributed by atoms with Gasteiger partial charge in [0, 0.05) is 42.4 Å². The molecule has 2 aromatic heterocycles. The molecular formula is C19H18N4O2. The molecule has 4 rings (SSSR count). The zero-order valence-electron chi connectivity index (χ0n) is 13.8. The van der Waals surface area contributed by atoms with Crippen molar-refractivity contribution >= 4 is 11.9 Å². The summed E-state index contributed by atoms with van der Waals surface area (Å²) >= 11 is 0. The summed E-state index contributed by atoms with van der Waals surface area (Å²) in [5.74, 6) is 0.196. The molecule has 1 aromatic carbocycles. The average Bonchev–Trinajstić information content (AvgIpc) is 2.99. The molecule has 0 saturated carbocycles. The number of hydrogen-bond donors (Lipinski definition) is 2. The highest BCUT2D eigenvalue weighted by molar-refractivity contribution is 5.57. The van der Waals surface area contributed by atoms with Gasteiger partial charge in [-0.2, -0.15) is 5.10 Å². The van der Waals surface area contributed by atoms with Crippen molar-refractivity contribution in [3.8, 4) is 11.4 Å². The van der Waals surface area contributed by atoms with Gasteiger partial charge in [0.2, 0.25) is 5.43 Å². The molecule has 1 aliphatic carbocycles. The lowest BCUT2D eigenvalue weighted by Gasteiger charge is -2.19. The van der Waals surface area contributed by atoms with Gasteiger partial charge in [-0.15, -0.1) is 0 Å². The molecular weight excluding hydrogens is 316 g/mol. The van der Waals surface area contributed by atoms with Gasteiger partial charge in [0.25, 0.3) is 0 Å². The van der Waals surface area contributed by atoms with E-state index in [4.69, 9.17) is 5.73 Å². The van der Waals surface area contributed by atoms with Crippen molar-refractivity contribution in [1.82, 2.24) is 14.3 Å². The number of hydrogen-bond acceptors (Lipinski definition) is 4. The molecule has 0 aliphatic heterocycles. The van der Waals surface area contributed by atoms with Crippen molar-refractivity contribution in [2.75, 3.05) is 5.73 Å².